The van der Waals surface area contributed by atoms with Crippen LogP contribution in [0, 0.1) is 13.8 Å². The Labute approximate surface area is 188 Å². The molecule has 0 aliphatic rings. The predicted molar refractivity (Wildman–Crippen MR) is 126 cm³/mol. The molecule has 0 radical (unpaired) electrons. The molecule has 0 atom stereocenters. The van der Waals surface area contributed by atoms with Crippen LogP contribution in [0.2, 0.25) is 0 Å². The van der Waals surface area contributed by atoms with Crippen molar-refractivity contribution < 1.29 is 0 Å². The Hall–Kier alpha value is -2.43. The molecule has 0 bridgehead atoms. The largest absolute Gasteiger partial charge is 0.355 e. The number of hydrogen-bond acceptors (Lipinski definition) is 4. The van der Waals surface area contributed by atoms with Gasteiger partial charge in [0.05, 0.1) is 11.4 Å². The monoisotopic (exact) mass is 508 g/mol. The van der Waals surface area contributed by atoms with Crippen LogP contribution in [0.25, 0.3) is 5.69 Å². The first-order chi connectivity index (χ1) is 13.6. The maximum Gasteiger partial charge on any atom is 0.191 e. The molecule has 1 aromatic carbocycles. The van der Waals surface area contributed by atoms with Crippen molar-refractivity contribution in [2.75, 3.05) is 13.6 Å². The third kappa shape index (κ3) is 5.55. The molecule has 29 heavy (non-hydrogen) atoms. The van der Waals surface area contributed by atoms with Gasteiger partial charge in [-0.2, -0.15) is 5.10 Å². The van der Waals surface area contributed by atoms with Crippen LogP contribution in [0.5, 0.6) is 0 Å². The minimum Gasteiger partial charge on any atom is -0.355 e. The summed E-state index contributed by atoms with van der Waals surface area (Å²) in [5, 5.41) is 19.5. The number of halogens is 1. The van der Waals surface area contributed by atoms with Gasteiger partial charge in [0.15, 0.2) is 5.96 Å². The molecule has 0 spiro atoms. The summed E-state index contributed by atoms with van der Waals surface area (Å²) in [6.07, 6.45) is 2.64. The van der Waals surface area contributed by atoms with Crippen LogP contribution in [0.3, 0.4) is 0 Å². The molecule has 3 rings (SSSR count). The van der Waals surface area contributed by atoms with Gasteiger partial charge < -0.3 is 15.2 Å². The zero-order valence-electron chi connectivity index (χ0n) is 17.4. The molecule has 2 heterocycles. The van der Waals surface area contributed by atoms with E-state index in [1.807, 2.05) is 29.8 Å². The number of aryl methyl sites for hydroxylation is 2. The Bertz CT molecular complexity index is 929. The molecule has 0 unspecified atom stereocenters. The summed E-state index contributed by atoms with van der Waals surface area (Å²) >= 11 is 0. The van der Waals surface area contributed by atoms with Gasteiger partial charge in [0.2, 0.25) is 0 Å². The van der Waals surface area contributed by atoms with E-state index in [-0.39, 0.29) is 24.0 Å². The summed E-state index contributed by atoms with van der Waals surface area (Å²) in [4.78, 5) is 4.32. The van der Waals surface area contributed by atoms with Crippen molar-refractivity contribution >= 4 is 29.9 Å². The van der Waals surface area contributed by atoms with Crippen molar-refractivity contribution in [2.24, 2.45) is 4.99 Å². The van der Waals surface area contributed by atoms with Crippen LogP contribution >= 0.6 is 24.0 Å². The van der Waals surface area contributed by atoms with E-state index in [9.17, 15) is 0 Å². The predicted octanol–water partition coefficient (Wildman–Crippen LogP) is 2.63. The summed E-state index contributed by atoms with van der Waals surface area (Å²) in [6, 6.07) is 10.2. The average Bonchev–Trinajstić information content (AvgIpc) is 3.29. The maximum atomic E-state index is 4.70. The first-order valence-electron chi connectivity index (χ1n) is 9.55. The van der Waals surface area contributed by atoms with E-state index in [1.54, 1.807) is 13.4 Å². The second-order valence-corrected chi connectivity index (χ2v) is 6.54. The van der Waals surface area contributed by atoms with Gasteiger partial charge in [-0.1, -0.05) is 25.1 Å². The molecule has 0 saturated carbocycles. The lowest BCUT2D eigenvalue weighted by molar-refractivity contribution is 0.632. The fourth-order valence-corrected chi connectivity index (χ4v) is 3.18. The van der Waals surface area contributed by atoms with E-state index in [4.69, 9.17) is 5.10 Å². The smallest absolute Gasteiger partial charge is 0.191 e. The minimum absolute atomic E-state index is 0. The van der Waals surface area contributed by atoms with Gasteiger partial charge in [0.1, 0.15) is 12.2 Å². The number of para-hydroxylation sites is 1. The van der Waals surface area contributed by atoms with Crippen molar-refractivity contribution in [3.8, 4) is 5.69 Å². The van der Waals surface area contributed by atoms with E-state index >= 15 is 0 Å². The van der Waals surface area contributed by atoms with Crippen LogP contribution in [0.1, 0.15) is 29.7 Å². The summed E-state index contributed by atoms with van der Waals surface area (Å²) in [5.41, 5.74) is 4.39. The Morgan fingerprint density at radius 2 is 1.90 bits per heavy atom. The van der Waals surface area contributed by atoms with Crippen LogP contribution in [0.15, 0.2) is 41.7 Å². The maximum absolute atomic E-state index is 4.70. The average molecular weight is 508 g/mol. The quantitative estimate of drug-likeness (QED) is 0.291. The summed E-state index contributed by atoms with van der Waals surface area (Å²) in [5.74, 6) is 1.75. The normalized spacial score (nSPS) is 11.2. The molecule has 2 N–H and O–H groups in total. The first kappa shape index (κ1) is 22.9. The summed E-state index contributed by atoms with van der Waals surface area (Å²) in [6.45, 7) is 8.41. The number of aromatic nitrogens is 5. The SMILES string of the molecule is CCc1nncn1CCNC(=NC)NCc1c(C)nn(-c2ccccc2)c1C.I. The van der Waals surface area contributed by atoms with Crippen LogP contribution < -0.4 is 10.6 Å². The molecule has 2 aromatic heterocycles. The molecule has 0 aliphatic heterocycles. The molecule has 0 fully saturated rings. The lowest BCUT2D eigenvalue weighted by Crippen LogP contribution is -2.38. The Morgan fingerprint density at radius 3 is 2.59 bits per heavy atom. The fraction of sp³-hybridized carbons (Fsp3) is 0.400. The Balaban J connectivity index is 0.00000300. The third-order valence-corrected chi connectivity index (χ3v) is 4.76. The van der Waals surface area contributed by atoms with Gasteiger partial charge in [-0.05, 0) is 26.0 Å². The molecule has 3 aromatic rings. The number of nitrogens with one attached hydrogen (secondary N) is 2. The minimum atomic E-state index is 0. The van der Waals surface area contributed by atoms with E-state index in [2.05, 4.69) is 56.4 Å². The van der Waals surface area contributed by atoms with Crippen LogP contribution in [0.4, 0.5) is 0 Å². The number of benzene rings is 1. The van der Waals surface area contributed by atoms with E-state index in [0.717, 1.165) is 48.4 Å². The van der Waals surface area contributed by atoms with Crippen LogP contribution in [-0.2, 0) is 19.5 Å². The van der Waals surface area contributed by atoms with Crippen molar-refractivity contribution in [3.63, 3.8) is 0 Å². The molecular weight excluding hydrogens is 479 g/mol. The number of rotatable bonds is 7. The zero-order chi connectivity index (χ0) is 19.9. The number of aliphatic imine (C=N–C) groups is 1. The number of hydrogen-bond donors (Lipinski definition) is 2. The Kier molecular flexibility index (Phi) is 8.62. The Morgan fingerprint density at radius 1 is 1.14 bits per heavy atom. The summed E-state index contributed by atoms with van der Waals surface area (Å²) < 4.78 is 4.04. The van der Waals surface area contributed by atoms with E-state index in [1.165, 1.54) is 5.56 Å². The highest BCUT2D eigenvalue weighted by molar-refractivity contribution is 14.0. The number of nitrogens with zero attached hydrogens (tertiary/aromatic N) is 6. The third-order valence-electron chi connectivity index (χ3n) is 4.76. The van der Waals surface area contributed by atoms with E-state index in [0.29, 0.717) is 6.54 Å². The topological polar surface area (TPSA) is 84.9 Å². The summed E-state index contributed by atoms with van der Waals surface area (Å²) in [7, 11) is 1.78. The van der Waals surface area contributed by atoms with Crippen molar-refractivity contribution in [1.82, 2.24) is 35.2 Å². The molecule has 156 valence electrons. The molecule has 9 heteroatoms. The second kappa shape index (κ2) is 10.9. The molecule has 0 aliphatic carbocycles. The van der Waals surface area contributed by atoms with Gasteiger partial charge >= 0.3 is 0 Å². The first-order valence-corrected chi connectivity index (χ1v) is 9.55. The van der Waals surface area contributed by atoms with Crippen LogP contribution in [-0.4, -0.2) is 44.1 Å². The van der Waals surface area contributed by atoms with Gasteiger partial charge in [0.25, 0.3) is 0 Å². The second-order valence-electron chi connectivity index (χ2n) is 6.54. The van der Waals surface area contributed by atoms with Gasteiger partial charge in [-0.3, -0.25) is 4.99 Å². The molecule has 8 nitrogen and oxygen atoms in total. The fourth-order valence-electron chi connectivity index (χ4n) is 3.18. The van der Waals surface area contributed by atoms with Crippen molar-refractivity contribution in [2.45, 2.75) is 40.3 Å². The molecule has 0 amide bonds. The number of guanidine groups is 1. The zero-order valence-corrected chi connectivity index (χ0v) is 19.7. The van der Waals surface area contributed by atoms with Gasteiger partial charge in [0, 0.05) is 44.4 Å². The van der Waals surface area contributed by atoms with E-state index < -0.39 is 0 Å². The molecule has 0 saturated heterocycles. The lowest BCUT2D eigenvalue weighted by Gasteiger charge is -2.13. The highest BCUT2D eigenvalue weighted by atomic mass is 127. The van der Waals surface area contributed by atoms with Gasteiger partial charge in [-0.25, -0.2) is 4.68 Å². The standard InChI is InChI=1S/C20H28N8.HI/c1-5-19-25-24-14-27(19)12-11-22-20(21-4)23-13-18-15(2)26-28(16(18)3)17-9-7-6-8-10-17;/h6-10,14H,5,11-13H2,1-4H3,(H2,21,22,23);1H. The molecular formula is C20H29IN8. The van der Waals surface area contributed by atoms with Crippen molar-refractivity contribution in [3.05, 3.63) is 59.4 Å². The highest BCUT2D eigenvalue weighted by Crippen LogP contribution is 2.17. The van der Waals surface area contributed by atoms with Gasteiger partial charge in [-0.15, -0.1) is 34.2 Å². The van der Waals surface area contributed by atoms with Crippen molar-refractivity contribution in [1.29, 1.82) is 0 Å². The highest BCUT2D eigenvalue weighted by Gasteiger charge is 2.13. The lowest BCUT2D eigenvalue weighted by atomic mass is 10.2.